The minimum Gasteiger partial charge on any atom is -0.294 e. The van der Waals surface area contributed by atoms with Crippen molar-refractivity contribution in [1.29, 1.82) is 0 Å². The van der Waals surface area contributed by atoms with Crippen LogP contribution >= 0.6 is 0 Å². The van der Waals surface area contributed by atoms with Crippen LogP contribution in [0.5, 0.6) is 0 Å². The molecule has 6 heteroatoms. The summed E-state index contributed by atoms with van der Waals surface area (Å²) in [6, 6.07) is 0. The smallest absolute Gasteiger partial charge is 0.190 e. The molecule has 2 rings (SSSR count). The number of ketones is 2. The van der Waals surface area contributed by atoms with E-state index in [1.807, 2.05) is 0 Å². The summed E-state index contributed by atoms with van der Waals surface area (Å²) in [7, 11) is 1.71. The molecule has 0 radical (unpaired) electrons. The van der Waals surface area contributed by atoms with E-state index in [1.165, 1.54) is 23.3 Å². The van der Waals surface area contributed by atoms with Gasteiger partial charge in [-0.05, 0) is 6.92 Å². The minimum atomic E-state index is -0.325. The molecule has 0 aromatic carbocycles. The minimum absolute atomic E-state index is 0.217. The fourth-order valence-electron chi connectivity index (χ4n) is 1.58. The maximum atomic E-state index is 11.9. The van der Waals surface area contributed by atoms with Gasteiger partial charge < -0.3 is 0 Å². The van der Waals surface area contributed by atoms with Gasteiger partial charge >= 0.3 is 0 Å². The van der Waals surface area contributed by atoms with Gasteiger partial charge in [-0.3, -0.25) is 19.3 Å². The van der Waals surface area contributed by atoms with Crippen molar-refractivity contribution in [2.75, 3.05) is 0 Å². The topological polar surface area (TPSA) is 77.7 Å². The van der Waals surface area contributed by atoms with E-state index in [1.54, 1.807) is 20.2 Å². The molecule has 2 aromatic rings. The molecule has 0 spiro atoms. The Labute approximate surface area is 104 Å². The summed E-state index contributed by atoms with van der Waals surface area (Å²) >= 11 is 0. The Morgan fingerprint density at radius 2 is 1.94 bits per heavy atom. The van der Waals surface area contributed by atoms with Crippen molar-refractivity contribution >= 4 is 11.6 Å². The van der Waals surface area contributed by atoms with Gasteiger partial charge in [0, 0.05) is 25.6 Å². The van der Waals surface area contributed by atoms with E-state index in [2.05, 4.69) is 15.1 Å². The van der Waals surface area contributed by atoms with Gasteiger partial charge in [-0.1, -0.05) is 0 Å². The van der Waals surface area contributed by atoms with E-state index in [-0.39, 0.29) is 23.7 Å². The lowest BCUT2D eigenvalue weighted by Gasteiger charge is -2.01. The molecule has 0 bridgehead atoms. The summed E-state index contributed by atoms with van der Waals surface area (Å²) in [5.41, 5.74) is 1.20. The van der Waals surface area contributed by atoms with Gasteiger partial charge in [0.15, 0.2) is 11.6 Å². The van der Waals surface area contributed by atoms with Crippen molar-refractivity contribution in [2.24, 2.45) is 7.05 Å². The van der Waals surface area contributed by atoms with Crippen molar-refractivity contribution < 1.29 is 9.59 Å². The molecule has 0 unspecified atom stereocenters. The monoisotopic (exact) mass is 244 g/mol. The third-order valence-electron chi connectivity index (χ3n) is 2.49. The first kappa shape index (κ1) is 12.1. The lowest BCUT2D eigenvalue weighted by molar-refractivity contribution is 0.0891. The van der Waals surface area contributed by atoms with Gasteiger partial charge in [-0.25, -0.2) is 4.98 Å². The molecule has 0 amide bonds. The molecule has 6 nitrogen and oxygen atoms in total. The van der Waals surface area contributed by atoms with Crippen LogP contribution in [-0.4, -0.2) is 31.3 Å². The molecule has 0 N–H and O–H groups in total. The predicted octanol–water partition coefficient (Wildman–Crippen LogP) is 0.974. The van der Waals surface area contributed by atoms with Gasteiger partial charge in [0.05, 0.1) is 23.9 Å². The van der Waals surface area contributed by atoms with Crippen molar-refractivity contribution in [3.63, 3.8) is 0 Å². The number of aryl methyl sites for hydroxylation is 2. The van der Waals surface area contributed by atoms with Gasteiger partial charge in [-0.15, -0.1) is 0 Å². The first-order valence-electron chi connectivity index (χ1n) is 5.40. The van der Waals surface area contributed by atoms with Gasteiger partial charge in [-0.2, -0.15) is 5.10 Å². The second-order valence-corrected chi connectivity index (χ2v) is 3.92. The van der Waals surface area contributed by atoms with E-state index in [0.717, 1.165) is 0 Å². The second-order valence-electron chi connectivity index (χ2n) is 3.92. The van der Waals surface area contributed by atoms with Crippen molar-refractivity contribution in [3.8, 4) is 0 Å². The molecule has 2 aromatic heterocycles. The Hall–Kier alpha value is -2.37. The van der Waals surface area contributed by atoms with Gasteiger partial charge in [0.1, 0.15) is 5.69 Å². The number of carbonyl (C=O) groups excluding carboxylic acids is 2. The van der Waals surface area contributed by atoms with E-state index in [0.29, 0.717) is 11.3 Å². The van der Waals surface area contributed by atoms with Gasteiger partial charge in [0.25, 0.3) is 0 Å². The molecule has 18 heavy (non-hydrogen) atoms. The van der Waals surface area contributed by atoms with Crippen LogP contribution in [0.2, 0.25) is 0 Å². The van der Waals surface area contributed by atoms with Crippen LogP contribution in [0.25, 0.3) is 0 Å². The maximum Gasteiger partial charge on any atom is 0.190 e. The summed E-state index contributed by atoms with van der Waals surface area (Å²) < 4.78 is 1.52. The van der Waals surface area contributed by atoms with E-state index in [4.69, 9.17) is 0 Å². The second kappa shape index (κ2) is 4.87. The molecule has 2 heterocycles. The lowest BCUT2D eigenvalue weighted by atomic mass is 10.1. The first-order valence-corrected chi connectivity index (χ1v) is 5.40. The third kappa shape index (κ3) is 2.48. The predicted molar refractivity (Wildman–Crippen MR) is 63.3 cm³/mol. The molecule has 0 aliphatic heterocycles. The highest BCUT2D eigenvalue weighted by atomic mass is 16.1. The Morgan fingerprint density at radius 1 is 1.22 bits per heavy atom. The van der Waals surface area contributed by atoms with Crippen LogP contribution < -0.4 is 0 Å². The highest BCUT2D eigenvalue weighted by Crippen LogP contribution is 2.08. The van der Waals surface area contributed by atoms with E-state index < -0.39 is 0 Å². The largest absolute Gasteiger partial charge is 0.294 e. The molecular formula is C12H12N4O2. The molecule has 0 aliphatic rings. The van der Waals surface area contributed by atoms with Crippen LogP contribution in [0.15, 0.2) is 24.8 Å². The Bertz CT molecular complexity index is 604. The van der Waals surface area contributed by atoms with Crippen LogP contribution in [-0.2, 0) is 7.05 Å². The molecule has 0 atom stereocenters. The zero-order valence-corrected chi connectivity index (χ0v) is 10.1. The number of rotatable bonds is 4. The highest BCUT2D eigenvalue weighted by Gasteiger charge is 2.17. The zero-order valence-electron chi connectivity index (χ0n) is 10.1. The van der Waals surface area contributed by atoms with Crippen LogP contribution in [0.4, 0.5) is 0 Å². The first-order chi connectivity index (χ1) is 8.58. The maximum absolute atomic E-state index is 11.9. The van der Waals surface area contributed by atoms with Crippen molar-refractivity contribution in [3.05, 3.63) is 41.7 Å². The Balaban J connectivity index is 2.13. The summed E-state index contributed by atoms with van der Waals surface area (Å²) in [6.45, 7) is 1.69. The number of hydrogen-bond donors (Lipinski definition) is 0. The SMILES string of the molecule is Cc1nccnc1C(=O)CC(=O)c1cnn(C)c1. The fraction of sp³-hybridized carbons (Fsp3) is 0.250. The molecule has 0 aliphatic carbocycles. The van der Waals surface area contributed by atoms with E-state index >= 15 is 0 Å². The molecule has 0 saturated heterocycles. The average Bonchev–Trinajstić information content (AvgIpc) is 2.76. The fourth-order valence-corrected chi connectivity index (χ4v) is 1.58. The summed E-state index contributed by atoms with van der Waals surface area (Å²) in [6.07, 6.45) is 5.76. The zero-order chi connectivity index (χ0) is 13.1. The molecule has 0 saturated carbocycles. The van der Waals surface area contributed by atoms with Gasteiger partial charge in [0.2, 0.25) is 0 Å². The number of carbonyl (C=O) groups is 2. The summed E-state index contributed by atoms with van der Waals surface area (Å²) in [5.74, 6) is -0.590. The number of hydrogen-bond acceptors (Lipinski definition) is 5. The summed E-state index contributed by atoms with van der Waals surface area (Å²) in [5, 5.41) is 3.89. The number of Topliss-reactive ketones (excluding diaryl/α,β-unsaturated/α-hetero) is 2. The van der Waals surface area contributed by atoms with Crippen LogP contribution in [0.3, 0.4) is 0 Å². The average molecular weight is 244 g/mol. The molecule has 0 fully saturated rings. The van der Waals surface area contributed by atoms with E-state index in [9.17, 15) is 9.59 Å². The summed E-state index contributed by atoms with van der Waals surface area (Å²) in [4.78, 5) is 31.7. The Kier molecular flexibility index (Phi) is 3.27. The standard InChI is InChI=1S/C12H12N4O2/c1-8-12(14-4-3-13-8)11(18)5-10(17)9-6-15-16(2)7-9/h3-4,6-7H,5H2,1-2H3. The quantitative estimate of drug-likeness (QED) is 0.591. The highest BCUT2D eigenvalue weighted by molar-refractivity contribution is 6.12. The Morgan fingerprint density at radius 3 is 2.56 bits per heavy atom. The lowest BCUT2D eigenvalue weighted by Crippen LogP contribution is -2.11. The normalized spacial score (nSPS) is 10.3. The van der Waals surface area contributed by atoms with Crippen molar-refractivity contribution in [2.45, 2.75) is 13.3 Å². The van der Waals surface area contributed by atoms with Crippen LogP contribution in [0.1, 0.15) is 33.0 Å². The third-order valence-corrected chi connectivity index (χ3v) is 2.49. The molecule has 92 valence electrons. The van der Waals surface area contributed by atoms with Crippen molar-refractivity contribution in [1.82, 2.24) is 19.7 Å². The number of aromatic nitrogens is 4. The number of nitrogens with zero attached hydrogens (tertiary/aromatic N) is 4. The van der Waals surface area contributed by atoms with Crippen LogP contribution in [0, 0.1) is 6.92 Å². The molecular weight excluding hydrogens is 232 g/mol.